The molecular weight excluding hydrogens is 477 g/mol. The van der Waals surface area contributed by atoms with E-state index in [2.05, 4.69) is 15.4 Å². The molecule has 0 radical (unpaired) electrons. The summed E-state index contributed by atoms with van der Waals surface area (Å²) in [6, 6.07) is 12.5. The van der Waals surface area contributed by atoms with Gasteiger partial charge in [-0.15, -0.1) is 0 Å². The number of ether oxygens (including phenoxy) is 1. The van der Waals surface area contributed by atoms with Crippen LogP contribution in [0.4, 0.5) is 18.9 Å². The van der Waals surface area contributed by atoms with Crippen molar-refractivity contribution in [3.8, 4) is 17.0 Å². The second-order valence-electron chi connectivity index (χ2n) is 6.85. The number of halogens is 4. The van der Waals surface area contributed by atoms with E-state index in [1.807, 2.05) is 30.3 Å². The van der Waals surface area contributed by atoms with Crippen LogP contribution in [-0.4, -0.2) is 33.4 Å². The Labute approximate surface area is 195 Å². The van der Waals surface area contributed by atoms with Crippen LogP contribution in [-0.2, 0) is 11.0 Å². The number of methoxy groups -OCH3 is 1. The molecule has 2 aromatic heterocycles. The Morgan fingerprint density at radius 3 is 2.64 bits per heavy atom. The normalized spacial score (nSPS) is 11.5. The van der Waals surface area contributed by atoms with Gasteiger partial charge in [0.2, 0.25) is 5.91 Å². The number of alkyl halides is 3. The number of rotatable bonds is 6. The third-order valence-corrected chi connectivity index (χ3v) is 5.96. The van der Waals surface area contributed by atoms with Gasteiger partial charge in [0.15, 0.2) is 0 Å². The molecule has 0 spiro atoms. The lowest BCUT2D eigenvalue weighted by molar-refractivity contribution is -0.137. The minimum atomic E-state index is -4.62. The van der Waals surface area contributed by atoms with Gasteiger partial charge in [0, 0.05) is 23.6 Å². The summed E-state index contributed by atoms with van der Waals surface area (Å²) in [6.07, 6.45) is -1.36. The molecule has 170 valence electrons. The highest BCUT2D eigenvalue weighted by Gasteiger charge is 2.33. The number of nitrogens with one attached hydrogen (secondary N) is 1. The molecule has 4 rings (SSSR count). The summed E-state index contributed by atoms with van der Waals surface area (Å²) >= 11 is 6.77. The molecule has 0 saturated carbocycles. The first kappa shape index (κ1) is 22.9. The SMILES string of the molecule is COc1ccc(-c2cc3c(SCC(=O)Nc4ccc(Cl)c(C(F)(F)F)c4)nccn3n2)cc1. The van der Waals surface area contributed by atoms with E-state index in [4.69, 9.17) is 16.3 Å². The van der Waals surface area contributed by atoms with Crippen molar-refractivity contribution in [2.24, 2.45) is 0 Å². The highest BCUT2D eigenvalue weighted by Crippen LogP contribution is 2.36. The highest BCUT2D eigenvalue weighted by atomic mass is 35.5. The molecule has 0 unspecified atom stereocenters. The molecule has 0 fully saturated rings. The topological polar surface area (TPSA) is 68.5 Å². The Bertz CT molecular complexity index is 1310. The number of aromatic nitrogens is 3. The molecule has 0 aliphatic heterocycles. The van der Waals surface area contributed by atoms with Crippen LogP contribution in [0.2, 0.25) is 5.02 Å². The summed E-state index contributed by atoms with van der Waals surface area (Å²) in [7, 11) is 1.59. The third kappa shape index (κ3) is 5.23. The van der Waals surface area contributed by atoms with Gasteiger partial charge < -0.3 is 10.1 Å². The largest absolute Gasteiger partial charge is 0.497 e. The van der Waals surface area contributed by atoms with Crippen molar-refractivity contribution in [1.29, 1.82) is 0 Å². The number of carbonyl (C=O) groups is 1. The number of amides is 1. The highest BCUT2D eigenvalue weighted by molar-refractivity contribution is 8.00. The van der Waals surface area contributed by atoms with Gasteiger partial charge >= 0.3 is 6.18 Å². The van der Waals surface area contributed by atoms with Crippen molar-refractivity contribution >= 4 is 40.5 Å². The molecule has 1 N–H and O–H groups in total. The molecule has 6 nitrogen and oxygen atoms in total. The summed E-state index contributed by atoms with van der Waals surface area (Å²) < 4.78 is 45.9. The van der Waals surface area contributed by atoms with E-state index < -0.39 is 22.7 Å². The van der Waals surface area contributed by atoms with Crippen molar-refractivity contribution in [3.05, 3.63) is 71.5 Å². The Morgan fingerprint density at radius 1 is 1.18 bits per heavy atom. The average molecular weight is 493 g/mol. The number of benzene rings is 2. The van der Waals surface area contributed by atoms with Crippen LogP contribution < -0.4 is 10.1 Å². The third-order valence-electron chi connectivity index (χ3n) is 4.64. The maximum Gasteiger partial charge on any atom is 0.417 e. The van der Waals surface area contributed by atoms with E-state index in [1.165, 1.54) is 6.07 Å². The van der Waals surface area contributed by atoms with E-state index in [-0.39, 0.29) is 11.4 Å². The van der Waals surface area contributed by atoms with Crippen LogP contribution >= 0.6 is 23.4 Å². The molecule has 2 heterocycles. The molecule has 0 aliphatic carbocycles. The van der Waals surface area contributed by atoms with Crippen molar-refractivity contribution in [3.63, 3.8) is 0 Å². The lowest BCUT2D eigenvalue weighted by Crippen LogP contribution is -2.15. The molecule has 1 amide bonds. The Kier molecular flexibility index (Phi) is 6.48. The van der Waals surface area contributed by atoms with Gasteiger partial charge in [0.1, 0.15) is 10.8 Å². The number of nitrogens with zero attached hydrogens (tertiary/aromatic N) is 3. The van der Waals surface area contributed by atoms with Crippen molar-refractivity contribution in [2.75, 3.05) is 18.2 Å². The van der Waals surface area contributed by atoms with Gasteiger partial charge in [0.05, 0.1) is 34.7 Å². The van der Waals surface area contributed by atoms with Gasteiger partial charge in [-0.25, -0.2) is 9.50 Å². The standard InChI is InChI=1S/C22H16ClF3N4O2S/c1-32-15-5-2-13(3-6-15)18-11-19-21(27-8-9-30(19)29-18)33-12-20(31)28-14-4-7-17(23)16(10-14)22(24,25)26/h2-11H,12H2,1H3,(H,28,31). The Morgan fingerprint density at radius 2 is 1.94 bits per heavy atom. The summed E-state index contributed by atoms with van der Waals surface area (Å²) in [6.45, 7) is 0. The molecule has 11 heteroatoms. The maximum absolute atomic E-state index is 13.0. The first-order valence-electron chi connectivity index (χ1n) is 9.53. The van der Waals surface area contributed by atoms with Crippen LogP contribution in [0.1, 0.15) is 5.56 Å². The molecule has 2 aromatic carbocycles. The van der Waals surface area contributed by atoms with E-state index in [0.29, 0.717) is 10.5 Å². The fraction of sp³-hybridized carbons (Fsp3) is 0.136. The second kappa shape index (κ2) is 9.32. The summed E-state index contributed by atoms with van der Waals surface area (Å²) in [5.74, 6) is 0.198. The van der Waals surface area contributed by atoms with Gasteiger partial charge in [-0.05, 0) is 48.5 Å². The zero-order chi connectivity index (χ0) is 23.6. The maximum atomic E-state index is 13.0. The lowest BCUT2D eigenvalue weighted by Gasteiger charge is -2.11. The Balaban J connectivity index is 1.48. The molecule has 4 aromatic rings. The van der Waals surface area contributed by atoms with Crippen LogP contribution in [0.5, 0.6) is 5.75 Å². The van der Waals surface area contributed by atoms with Crippen molar-refractivity contribution in [1.82, 2.24) is 14.6 Å². The zero-order valence-corrected chi connectivity index (χ0v) is 18.6. The monoisotopic (exact) mass is 492 g/mol. The summed E-state index contributed by atoms with van der Waals surface area (Å²) in [5, 5.41) is 7.13. The number of hydrogen-bond donors (Lipinski definition) is 1. The quantitative estimate of drug-likeness (QED) is 0.344. The minimum Gasteiger partial charge on any atom is -0.497 e. The van der Waals surface area contributed by atoms with Crippen molar-refractivity contribution < 1.29 is 22.7 Å². The van der Waals surface area contributed by atoms with E-state index in [0.717, 1.165) is 40.9 Å². The summed E-state index contributed by atoms with van der Waals surface area (Å²) in [4.78, 5) is 16.7. The molecule has 0 atom stereocenters. The first-order valence-corrected chi connectivity index (χ1v) is 10.9. The molecule has 0 aliphatic rings. The van der Waals surface area contributed by atoms with Crippen LogP contribution in [0.25, 0.3) is 16.8 Å². The van der Waals surface area contributed by atoms with Crippen LogP contribution in [0, 0.1) is 0 Å². The van der Waals surface area contributed by atoms with E-state index in [9.17, 15) is 18.0 Å². The van der Waals surface area contributed by atoms with Crippen LogP contribution in [0.3, 0.4) is 0 Å². The predicted molar refractivity (Wildman–Crippen MR) is 121 cm³/mol. The fourth-order valence-corrected chi connectivity index (χ4v) is 4.06. The van der Waals surface area contributed by atoms with E-state index >= 15 is 0 Å². The molecule has 33 heavy (non-hydrogen) atoms. The first-order chi connectivity index (χ1) is 15.7. The second-order valence-corrected chi connectivity index (χ2v) is 8.22. The molecule has 0 saturated heterocycles. The zero-order valence-electron chi connectivity index (χ0n) is 17.1. The van der Waals surface area contributed by atoms with Gasteiger partial charge in [0.25, 0.3) is 0 Å². The van der Waals surface area contributed by atoms with Gasteiger partial charge in [-0.1, -0.05) is 23.4 Å². The fourth-order valence-electron chi connectivity index (χ4n) is 3.06. The molecular formula is C22H16ClF3N4O2S. The number of carbonyl (C=O) groups excluding carboxylic acids is 1. The lowest BCUT2D eigenvalue weighted by atomic mass is 10.1. The number of thioether (sulfide) groups is 1. The minimum absolute atomic E-state index is 0.00892. The van der Waals surface area contributed by atoms with E-state index in [1.54, 1.807) is 24.0 Å². The van der Waals surface area contributed by atoms with Crippen molar-refractivity contribution in [2.45, 2.75) is 11.2 Å². The number of fused-ring (bicyclic) bond motifs is 1. The predicted octanol–water partition coefficient (Wildman–Crippen LogP) is 5.81. The summed E-state index contributed by atoms with van der Waals surface area (Å²) in [5.41, 5.74) is 1.31. The van der Waals surface area contributed by atoms with Gasteiger partial charge in [-0.3, -0.25) is 4.79 Å². The number of hydrogen-bond acceptors (Lipinski definition) is 5. The average Bonchev–Trinajstić information content (AvgIpc) is 3.23. The smallest absolute Gasteiger partial charge is 0.417 e. The Hall–Kier alpha value is -3.24. The van der Waals surface area contributed by atoms with Gasteiger partial charge in [-0.2, -0.15) is 18.3 Å². The molecule has 0 bridgehead atoms. The van der Waals surface area contributed by atoms with Crippen LogP contribution in [0.15, 0.2) is 66.0 Å². The number of anilines is 1.